The van der Waals surface area contributed by atoms with Gasteiger partial charge in [0.1, 0.15) is 13.0 Å². The molecule has 19 heavy (non-hydrogen) atoms. The second kappa shape index (κ2) is 17.4. The topological polar surface area (TPSA) is 9.72 Å². The van der Waals surface area contributed by atoms with Gasteiger partial charge in [0.15, 0.2) is 0 Å². The largest absolute Gasteiger partial charge is 3.00 e. The number of rotatable bonds is 0. The van der Waals surface area contributed by atoms with Crippen LogP contribution in [0, 0.1) is 0 Å². The Kier molecular flexibility index (Phi) is 26.1. The van der Waals surface area contributed by atoms with Crippen molar-refractivity contribution in [3.05, 3.63) is 0 Å². The van der Waals surface area contributed by atoms with Crippen LogP contribution in [0.2, 0.25) is 0 Å². The fraction of sp³-hybridized carbons (Fsp3) is 0.667. The maximum atomic E-state index is 4.61. The molecule has 0 unspecified atom stereocenters. The van der Waals surface area contributed by atoms with E-state index in [4.69, 9.17) is 0 Å². The molecule has 0 heterocycles. The summed E-state index contributed by atoms with van der Waals surface area (Å²) >= 11 is 25.4. The van der Waals surface area contributed by atoms with Crippen LogP contribution in [0.5, 0.6) is 0 Å². The molecular formula is C9H21N3RuS6+3. The van der Waals surface area contributed by atoms with Gasteiger partial charge in [-0.15, -0.1) is 37.9 Å². The zero-order valence-corrected chi connectivity index (χ0v) is 18.6. The molecule has 0 aliphatic carbocycles. The molecule has 0 spiro atoms. The zero-order valence-electron chi connectivity index (χ0n) is 11.8. The van der Waals surface area contributed by atoms with E-state index >= 15 is 0 Å². The van der Waals surface area contributed by atoms with Crippen molar-refractivity contribution < 1.29 is 19.5 Å². The van der Waals surface area contributed by atoms with Gasteiger partial charge in [0.05, 0.1) is 0 Å². The number of hydrogen-bond acceptors (Lipinski definition) is 3. The first-order valence-electron chi connectivity index (χ1n) is 4.64. The monoisotopic (exact) mass is 465 g/mol. The van der Waals surface area contributed by atoms with Crippen molar-refractivity contribution in [1.29, 1.82) is 0 Å². The maximum Gasteiger partial charge on any atom is 3.00 e. The van der Waals surface area contributed by atoms with E-state index < -0.39 is 0 Å². The van der Waals surface area contributed by atoms with Gasteiger partial charge in [0, 0.05) is 42.3 Å². The third kappa shape index (κ3) is 32.7. The predicted octanol–water partition coefficient (Wildman–Crippen LogP) is 2.29. The molecule has 1 radical (unpaired) electrons. The van der Waals surface area contributed by atoms with Crippen LogP contribution in [0.3, 0.4) is 0 Å². The molecule has 10 heteroatoms. The van der Waals surface area contributed by atoms with Gasteiger partial charge >= 0.3 is 19.5 Å². The minimum absolute atomic E-state index is 0. The minimum atomic E-state index is 0. The Labute approximate surface area is 162 Å². The van der Waals surface area contributed by atoms with Gasteiger partial charge in [-0.2, -0.15) is 0 Å². The molecule has 0 aromatic rings. The molecule has 3 nitrogen and oxygen atoms in total. The summed E-state index contributed by atoms with van der Waals surface area (Å²) < 4.78 is 1.86. The summed E-state index contributed by atoms with van der Waals surface area (Å²) in [4.78, 5) is 5.29. The molecule has 0 atom stereocenters. The Morgan fingerprint density at radius 2 is 0.632 bits per heavy atom. The van der Waals surface area contributed by atoms with Crippen molar-refractivity contribution in [3.8, 4) is 0 Å². The van der Waals surface area contributed by atoms with Gasteiger partial charge in [0.2, 0.25) is 0 Å². The van der Waals surface area contributed by atoms with Crippen LogP contribution < -0.4 is 0 Å². The summed E-state index contributed by atoms with van der Waals surface area (Å²) in [5.41, 5.74) is 0. The first-order valence-corrected chi connectivity index (χ1v) is 7.20. The van der Waals surface area contributed by atoms with E-state index in [1.165, 1.54) is 0 Å². The Hall–Kier alpha value is 1.34. The second-order valence-electron chi connectivity index (χ2n) is 3.53. The van der Waals surface area contributed by atoms with Gasteiger partial charge in [-0.25, -0.2) is 0 Å². The van der Waals surface area contributed by atoms with Gasteiger partial charge in [0.25, 0.3) is 0 Å². The van der Waals surface area contributed by atoms with Crippen LogP contribution in [0.15, 0.2) is 0 Å². The molecule has 0 amide bonds. The summed E-state index contributed by atoms with van der Waals surface area (Å²) in [6, 6.07) is 0. The number of thiocarbonyl (C=S) groups is 3. The van der Waals surface area contributed by atoms with E-state index in [1.54, 1.807) is 14.7 Å². The van der Waals surface area contributed by atoms with E-state index in [0.717, 1.165) is 0 Å². The van der Waals surface area contributed by atoms with Crippen molar-refractivity contribution in [3.63, 3.8) is 0 Å². The first-order chi connectivity index (χ1) is 7.93. The molecule has 0 aromatic heterocycles. The van der Waals surface area contributed by atoms with Gasteiger partial charge in [-0.1, -0.05) is 36.7 Å². The summed E-state index contributed by atoms with van der Waals surface area (Å²) in [6.07, 6.45) is 0. The SMILES string of the molecule is CN(C)C(=S)S.CN(C)C(=S)S.CN(C)C(=S)S.[Ru+3]. The normalized spacial score (nSPS) is 7.42. The van der Waals surface area contributed by atoms with Crippen molar-refractivity contribution in [2.45, 2.75) is 0 Å². The molecule has 0 aromatic carbocycles. The van der Waals surface area contributed by atoms with Crippen molar-refractivity contribution in [2.24, 2.45) is 0 Å². The second-order valence-corrected chi connectivity index (χ2v) is 6.87. The van der Waals surface area contributed by atoms with Gasteiger partial charge < -0.3 is 14.7 Å². The Morgan fingerprint density at radius 1 is 0.579 bits per heavy atom. The standard InChI is InChI=1S/3C3H7NS2.Ru/c3*1-4(2)3(5)6;/h3*1-2H3,(H,5,6);/q;;;+3. The van der Waals surface area contributed by atoms with Crippen LogP contribution in [0.4, 0.5) is 0 Å². The van der Waals surface area contributed by atoms with Gasteiger partial charge in [-0.3, -0.25) is 0 Å². The molecule has 0 aliphatic rings. The minimum Gasteiger partial charge on any atom is -0.364 e. The fourth-order valence-corrected chi connectivity index (χ4v) is 0. The Morgan fingerprint density at radius 3 is 0.632 bits per heavy atom. The summed E-state index contributed by atoms with van der Waals surface area (Å²) in [5, 5.41) is 0. The van der Waals surface area contributed by atoms with E-state index in [1.807, 2.05) is 42.3 Å². The molecule has 113 valence electrons. The predicted molar refractivity (Wildman–Crippen MR) is 106 cm³/mol. The molecular weight excluding hydrogens is 444 g/mol. The van der Waals surface area contributed by atoms with Crippen LogP contribution in [-0.2, 0) is 19.5 Å². The van der Waals surface area contributed by atoms with Crippen molar-refractivity contribution in [1.82, 2.24) is 14.7 Å². The molecule has 0 bridgehead atoms. The van der Waals surface area contributed by atoms with E-state index in [-0.39, 0.29) is 19.5 Å². The molecule has 0 N–H and O–H groups in total. The summed E-state index contributed by atoms with van der Waals surface area (Å²) in [5.74, 6) is 0. The molecule has 0 aliphatic heterocycles. The first kappa shape index (κ1) is 28.5. The molecule has 0 fully saturated rings. The average molecular weight is 465 g/mol. The Bertz CT molecular complexity index is 228. The van der Waals surface area contributed by atoms with Gasteiger partial charge in [-0.05, 0) is 0 Å². The van der Waals surface area contributed by atoms with E-state index in [9.17, 15) is 0 Å². The average Bonchev–Trinajstić information content (AvgIpc) is 2.18. The smallest absolute Gasteiger partial charge is 0.364 e. The van der Waals surface area contributed by atoms with Crippen molar-refractivity contribution >= 4 is 87.5 Å². The van der Waals surface area contributed by atoms with Crippen LogP contribution in [0.25, 0.3) is 0 Å². The van der Waals surface area contributed by atoms with Crippen LogP contribution in [-0.4, -0.2) is 69.9 Å². The molecule has 0 saturated carbocycles. The van der Waals surface area contributed by atoms with E-state index in [0.29, 0.717) is 13.0 Å². The summed E-state index contributed by atoms with van der Waals surface area (Å²) in [7, 11) is 11.1. The quantitative estimate of drug-likeness (QED) is 0.286. The number of hydrogen-bond donors (Lipinski definition) is 3. The zero-order chi connectivity index (χ0) is 15.5. The number of thiol groups is 3. The summed E-state index contributed by atoms with van der Waals surface area (Å²) in [6.45, 7) is 0. The van der Waals surface area contributed by atoms with E-state index in [2.05, 4.69) is 74.5 Å². The fourth-order valence-electron chi connectivity index (χ4n) is 0. The van der Waals surface area contributed by atoms with Crippen LogP contribution in [0.1, 0.15) is 0 Å². The number of nitrogens with zero attached hydrogens (tertiary/aromatic N) is 3. The Balaban J connectivity index is -0.0000000865. The van der Waals surface area contributed by atoms with Crippen molar-refractivity contribution in [2.75, 3.05) is 42.3 Å². The molecule has 0 rings (SSSR count). The third-order valence-electron chi connectivity index (χ3n) is 1.15. The third-order valence-corrected chi connectivity index (χ3v) is 3.44. The van der Waals surface area contributed by atoms with Crippen LogP contribution >= 0.6 is 74.5 Å². The maximum absolute atomic E-state index is 4.61. The molecule has 0 saturated heterocycles.